The van der Waals surface area contributed by atoms with Crippen molar-refractivity contribution in [1.29, 1.82) is 0 Å². The van der Waals surface area contributed by atoms with E-state index >= 15 is 4.57 Å². The maximum Gasteiger partial charge on any atom is 0.171 e. The molecule has 0 aliphatic carbocycles. The Morgan fingerprint density at radius 3 is 1.43 bits per heavy atom. The first-order valence-corrected chi connectivity index (χ1v) is 16.6. The number of hydrogen-bond acceptors (Lipinski definition) is 3. The highest BCUT2D eigenvalue weighted by Crippen LogP contribution is 2.45. The second-order valence-electron chi connectivity index (χ2n) is 10.1. The minimum Gasteiger partial charge on any atom is -0.309 e. The van der Waals surface area contributed by atoms with Crippen LogP contribution in [0, 0.1) is 0 Å². The van der Waals surface area contributed by atoms with Crippen LogP contribution in [0.2, 0.25) is 0 Å². The molecular weight excluding hydrogens is 544 g/mol. The van der Waals surface area contributed by atoms with Crippen LogP contribution in [0.5, 0.6) is 0 Å². The predicted molar refractivity (Wildman–Crippen MR) is 177 cm³/mol. The molecule has 0 aliphatic rings. The SMILES string of the molecule is O=P(c1ccccc1)(c1ccccc1)c1ccc2sc3ccc(-c4ccc5sc6ccccc6c5c4)cc3c2c1. The molecule has 0 fully saturated rings. The van der Waals surface area contributed by atoms with Gasteiger partial charge in [-0.1, -0.05) is 91.0 Å². The summed E-state index contributed by atoms with van der Waals surface area (Å²) >= 11 is 3.64. The van der Waals surface area contributed by atoms with E-state index < -0.39 is 7.14 Å². The highest BCUT2D eigenvalue weighted by atomic mass is 32.1. The van der Waals surface area contributed by atoms with Gasteiger partial charge >= 0.3 is 0 Å². The summed E-state index contributed by atoms with van der Waals surface area (Å²) in [6.45, 7) is 0. The molecule has 1 nitrogen and oxygen atoms in total. The van der Waals surface area contributed by atoms with E-state index in [2.05, 4.69) is 78.9 Å². The summed E-state index contributed by atoms with van der Waals surface area (Å²) in [5.41, 5.74) is 2.41. The van der Waals surface area contributed by atoms with E-state index in [-0.39, 0.29) is 0 Å². The van der Waals surface area contributed by atoms with E-state index in [9.17, 15) is 0 Å². The third-order valence-electron chi connectivity index (χ3n) is 7.77. The molecule has 190 valence electrons. The zero-order valence-corrected chi connectivity index (χ0v) is 24.0. The smallest absolute Gasteiger partial charge is 0.171 e. The number of hydrogen-bond donors (Lipinski definition) is 0. The highest BCUT2D eigenvalue weighted by Gasteiger charge is 2.30. The topological polar surface area (TPSA) is 17.1 Å². The first-order chi connectivity index (χ1) is 19.7. The fraction of sp³-hybridized carbons (Fsp3) is 0. The summed E-state index contributed by atoms with van der Waals surface area (Å²) in [5, 5.41) is 7.58. The second-order valence-corrected chi connectivity index (χ2v) is 15.0. The van der Waals surface area contributed by atoms with Crippen molar-refractivity contribution in [2.24, 2.45) is 0 Å². The molecule has 0 saturated heterocycles. The predicted octanol–water partition coefficient (Wildman–Crippen LogP) is 9.73. The van der Waals surface area contributed by atoms with Gasteiger partial charge in [0, 0.05) is 56.3 Å². The van der Waals surface area contributed by atoms with E-state index in [1.165, 1.54) is 46.1 Å². The molecule has 0 N–H and O–H groups in total. The second kappa shape index (κ2) is 9.28. The molecule has 8 aromatic rings. The quantitative estimate of drug-likeness (QED) is 0.194. The first-order valence-electron chi connectivity index (χ1n) is 13.3. The van der Waals surface area contributed by atoms with E-state index in [1.807, 2.05) is 72.0 Å². The van der Waals surface area contributed by atoms with Crippen molar-refractivity contribution >= 4 is 86.1 Å². The molecule has 0 radical (unpaired) electrons. The molecule has 0 bridgehead atoms. The van der Waals surface area contributed by atoms with Crippen molar-refractivity contribution in [2.75, 3.05) is 0 Å². The van der Waals surface area contributed by atoms with Gasteiger partial charge in [0.15, 0.2) is 7.14 Å². The van der Waals surface area contributed by atoms with E-state index in [0.717, 1.165) is 21.3 Å². The minimum atomic E-state index is -3.04. The Morgan fingerprint density at radius 2 is 0.825 bits per heavy atom. The number of benzene rings is 6. The van der Waals surface area contributed by atoms with Crippen LogP contribution >= 0.6 is 29.8 Å². The molecule has 40 heavy (non-hydrogen) atoms. The normalized spacial score (nSPS) is 12.1. The molecular formula is C36H23OPS2. The lowest BCUT2D eigenvalue weighted by molar-refractivity contribution is 0.592. The highest BCUT2D eigenvalue weighted by molar-refractivity contribution is 7.85. The Labute approximate surface area is 240 Å². The molecule has 2 heterocycles. The number of fused-ring (bicyclic) bond motifs is 6. The van der Waals surface area contributed by atoms with E-state index in [0.29, 0.717) is 0 Å². The molecule has 0 atom stereocenters. The van der Waals surface area contributed by atoms with Gasteiger partial charge in [0.25, 0.3) is 0 Å². The lowest BCUT2D eigenvalue weighted by Gasteiger charge is -2.20. The van der Waals surface area contributed by atoms with Crippen LogP contribution in [0.15, 0.2) is 140 Å². The van der Waals surface area contributed by atoms with Gasteiger partial charge in [0.2, 0.25) is 0 Å². The molecule has 8 rings (SSSR count). The summed E-state index contributed by atoms with van der Waals surface area (Å²) in [4.78, 5) is 0. The summed E-state index contributed by atoms with van der Waals surface area (Å²) in [5.74, 6) is 0. The maximum atomic E-state index is 15.0. The summed E-state index contributed by atoms with van der Waals surface area (Å²) in [6, 6.07) is 48.4. The Kier molecular flexibility index (Phi) is 5.53. The zero-order valence-electron chi connectivity index (χ0n) is 21.5. The summed E-state index contributed by atoms with van der Waals surface area (Å²) in [7, 11) is -3.04. The van der Waals surface area contributed by atoms with Gasteiger partial charge < -0.3 is 4.57 Å². The molecule has 0 aliphatic heterocycles. The van der Waals surface area contributed by atoms with Crippen LogP contribution in [0.4, 0.5) is 0 Å². The standard InChI is InChI=1S/C36H23OPS2/c37-38(26-9-3-1-4-10-26,27-11-5-2-6-12-27)28-17-20-36-32(23-28)31-22-25(16-19-35(31)40-36)24-15-18-34-30(21-24)29-13-7-8-14-33(29)39-34/h1-23H. The largest absolute Gasteiger partial charge is 0.309 e. The van der Waals surface area contributed by atoms with Crippen LogP contribution in [-0.2, 0) is 4.57 Å². The van der Waals surface area contributed by atoms with Crippen molar-refractivity contribution in [2.45, 2.75) is 0 Å². The molecule has 0 amide bonds. The number of thiophene rings is 2. The fourth-order valence-electron chi connectivity index (χ4n) is 5.77. The molecule has 6 aromatic carbocycles. The molecule has 0 saturated carbocycles. The van der Waals surface area contributed by atoms with Crippen LogP contribution < -0.4 is 15.9 Å². The number of rotatable bonds is 4. The van der Waals surface area contributed by atoms with Gasteiger partial charge in [-0.3, -0.25) is 0 Å². The third-order valence-corrected chi connectivity index (χ3v) is 13.1. The van der Waals surface area contributed by atoms with Gasteiger partial charge in [-0.2, -0.15) is 0 Å². The van der Waals surface area contributed by atoms with Gasteiger partial charge in [0.05, 0.1) is 0 Å². The van der Waals surface area contributed by atoms with Crippen molar-refractivity contribution in [1.82, 2.24) is 0 Å². The summed E-state index contributed by atoms with van der Waals surface area (Å²) < 4.78 is 20.1. The van der Waals surface area contributed by atoms with Crippen molar-refractivity contribution in [3.05, 3.63) is 140 Å². The molecule has 2 aromatic heterocycles. The Morgan fingerprint density at radius 1 is 0.375 bits per heavy atom. The van der Waals surface area contributed by atoms with E-state index in [4.69, 9.17) is 0 Å². The van der Waals surface area contributed by atoms with Crippen molar-refractivity contribution < 1.29 is 4.57 Å². The fourth-order valence-corrected chi connectivity index (χ4v) is 10.6. The van der Waals surface area contributed by atoms with Gasteiger partial charge in [-0.15, -0.1) is 22.7 Å². The van der Waals surface area contributed by atoms with Gasteiger partial charge in [-0.05, 0) is 59.7 Å². The van der Waals surface area contributed by atoms with Gasteiger partial charge in [-0.25, -0.2) is 0 Å². The lowest BCUT2D eigenvalue weighted by Crippen LogP contribution is -2.24. The monoisotopic (exact) mass is 566 g/mol. The van der Waals surface area contributed by atoms with Crippen molar-refractivity contribution in [3.63, 3.8) is 0 Å². The molecule has 4 heteroatoms. The minimum absolute atomic E-state index is 0.858. The average Bonchev–Trinajstić information content (AvgIpc) is 3.58. The van der Waals surface area contributed by atoms with Crippen LogP contribution in [-0.4, -0.2) is 0 Å². The Balaban J connectivity index is 1.32. The third kappa shape index (κ3) is 3.70. The zero-order chi connectivity index (χ0) is 26.7. The lowest BCUT2D eigenvalue weighted by atomic mass is 10.0. The Hall–Kier alpha value is -4.01. The van der Waals surface area contributed by atoms with Gasteiger partial charge in [0.1, 0.15) is 0 Å². The van der Waals surface area contributed by atoms with E-state index in [1.54, 1.807) is 11.3 Å². The molecule has 0 unspecified atom stereocenters. The van der Waals surface area contributed by atoms with Crippen LogP contribution in [0.25, 0.3) is 51.5 Å². The van der Waals surface area contributed by atoms with Crippen LogP contribution in [0.3, 0.4) is 0 Å². The van der Waals surface area contributed by atoms with Crippen molar-refractivity contribution in [3.8, 4) is 11.1 Å². The summed E-state index contributed by atoms with van der Waals surface area (Å²) in [6.07, 6.45) is 0. The first kappa shape index (κ1) is 23.8. The van der Waals surface area contributed by atoms with Crippen LogP contribution in [0.1, 0.15) is 0 Å². The average molecular weight is 567 g/mol. The molecule has 0 spiro atoms. The Bertz CT molecular complexity index is 2200. The maximum absolute atomic E-state index is 15.0.